The lowest BCUT2D eigenvalue weighted by atomic mass is 10.1. The highest BCUT2D eigenvalue weighted by Crippen LogP contribution is 2.14. The summed E-state index contributed by atoms with van der Waals surface area (Å²) in [5.74, 6) is -1.28. The van der Waals surface area contributed by atoms with Crippen LogP contribution in [0.1, 0.15) is 24.2 Å². The summed E-state index contributed by atoms with van der Waals surface area (Å²) in [7, 11) is 0. The van der Waals surface area contributed by atoms with Gasteiger partial charge in [0.1, 0.15) is 12.3 Å². The molecule has 1 aromatic rings. The lowest BCUT2D eigenvalue weighted by molar-refractivity contribution is -0.137. The molecule has 0 spiro atoms. The van der Waals surface area contributed by atoms with Crippen molar-refractivity contribution in [3.05, 3.63) is 29.8 Å². The number of amides is 1. The SMILES string of the molecule is CC(C)CN(CC(=O)O)C(=O)c1cccc(O)c1. The fourth-order valence-corrected chi connectivity index (χ4v) is 1.64. The van der Waals surface area contributed by atoms with Crippen LogP contribution >= 0.6 is 0 Å². The summed E-state index contributed by atoms with van der Waals surface area (Å²) in [6.45, 7) is 3.84. The summed E-state index contributed by atoms with van der Waals surface area (Å²) in [4.78, 5) is 24.1. The Labute approximate surface area is 106 Å². The molecular weight excluding hydrogens is 234 g/mol. The van der Waals surface area contributed by atoms with Crippen LogP contribution in [-0.4, -0.2) is 40.1 Å². The van der Waals surface area contributed by atoms with Gasteiger partial charge in [-0.3, -0.25) is 9.59 Å². The molecule has 0 radical (unpaired) electrons. The van der Waals surface area contributed by atoms with Crippen LogP contribution in [-0.2, 0) is 4.79 Å². The van der Waals surface area contributed by atoms with Crippen molar-refractivity contribution in [3.8, 4) is 5.75 Å². The predicted octanol–water partition coefficient (Wildman–Crippen LogP) is 1.57. The Morgan fingerprint density at radius 2 is 2.00 bits per heavy atom. The molecule has 1 rings (SSSR count). The van der Waals surface area contributed by atoms with Gasteiger partial charge in [0.15, 0.2) is 0 Å². The van der Waals surface area contributed by atoms with E-state index < -0.39 is 5.97 Å². The number of carboxylic acids is 1. The van der Waals surface area contributed by atoms with E-state index in [0.717, 1.165) is 0 Å². The van der Waals surface area contributed by atoms with Crippen LogP contribution in [0.15, 0.2) is 24.3 Å². The van der Waals surface area contributed by atoms with E-state index in [1.165, 1.54) is 17.0 Å². The first-order valence-corrected chi connectivity index (χ1v) is 5.70. The molecule has 5 nitrogen and oxygen atoms in total. The number of carboxylic acid groups (broad SMARTS) is 1. The number of aliphatic carboxylic acids is 1. The van der Waals surface area contributed by atoms with E-state index in [1.54, 1.807) is 12.1 Å². The standard InChI is InChI=1S/C13H17NO4/c1-9(2)7-14(8-12(16)17)13(18)10-4-3-5-11(15)6-10/h3-6,9,15H,7-8H2,1-2H3,(H,16,17). The number of benzene rings is 1. The third kappa shape index (κ3) is 4.08. The van der Waals surface area contributed by atoms with Gasteiger partial charge in [-0.05, 0) is 24.1 Å². The van der Waals surface area contributed by atoms with Gasteiger partial charge in [0.25, 0.3) is 5.91 Å². The van der Waals surface area contributed by atoms with Gasteiger partial charge in [0.2, 0.25) is 0 Å². The number of hydrogen-bond acceptors (Lipinski definition) is 3. The van der Waals surface area contributed by atoms with Crippen LogP contribution in [0.3, 0.4) is 0 Å². The first kappa shape index (κ1) is 14.0. The molecule has 0 saturated carbocycles. The summed E-state index contributed by atoms with van der Waals surface area (Å²) < 4.78 is 0. The number of phenols is 1. The van der Waals surface area contributed by atoms with Gasteiger partial charge in [0.05, 0.1) is 0 Å². The molecule has 98 valence electrons. The maximum Gasteiger partial charge on any atom is 0.323 e. The molecule has 18 heavy (non-hydrogen) atoms. The molecule has 0 heterocycles. The number of phenolic OH excluding ortho intramolecular Hbond substituents is 1. The molecule has 0 fully saturated rings. The monoisotopic (exact) mass is 251 g/mol. The van der Waals surface area contributed by atoms with E-state index in [9.17, 15) is 14.7 Å². The highest BCUT2D eigenvalue weighted by Gasteiger charge is 2.19. The Bertz CT molecular complexity index is 442. The Morgan fingerprint density at radius 1 is 1.33 bits per heavy atom. The summed E-state index contributed by atoms with van der Waals surface area (Å²) in [5.41, 5.74) is 0.289. The third-order valence-electron chi connectivity index (χ3n) is 2.29. The zero-order valence-corrected chi connectivity index (χ0v) is 10.5. The van der Waals surface area contributed by atoms with Gasteiger partial charge in [-0.25, -0.2) is 0 Å². The summed E-state index contributed by atoms with van der Waals surface area (Å²) in [6.07, 6.45) is 0. The second-order valence-corrected chi connectivity index (χ2v) is 4.52. The Kier molecular flexibility index (Phi) is 4.71. The van der Waals surface area contributed by atoms with E-state index in [1.807, 2.05) is 13.8 Å². The number of carbonyl (C=O) groups is 2. The van der Waals surface area contributed by atoms with Crippen molar-refractivity contribution in [1.29, 1.82) is 0 Å². The fourth-order valence-electron chi connectivity index (χ4n) is 1.64. The van der Waals surface area contributed by atoms with Crippen molar-refractivity contribution in [1.82, 2.24) is 4.90 Å². The summed E-state index contributed by atoms with van der Waals surface area (Å²) in [6, 6.07) is 5.90. The second kappa shape index (κ2) is 6.05. The average Bonchev–Trinajstić information content (AvgIpc) is 2.26. The minimum absolute atomic E-state index is 0.0133. The van der Waals surface area contributed by atoms with E-state index in [4.69, 9.17) is 5.11 Å². The summed E-state index contributed by atoms with van der Waals surface area (Å²) in [5, 5.41) is 18.1. The van der Waals surface area contributed by atoms with E-state index in [2.05, 4.69) is 0 Å². The molecule has 5 heteroatoms. The zero-order valence-electron chi connectivity index (χ0n) is 10.5. The van der Waals surface area contributed by atoms with Crippen molar-refractivity contribution < 1.29 is 19.8 Å². The van der Waals surface area contributed by atoms with Gasteiger partial charge >= 0.3 is 5.97 Å². The summed E-state index contributed by atoms with van der Waals surface area (Å²) >= 11 is 0. The average molecular weight is 251 g/mol. The van der Waals surface area contributed by atoms with Crippen LogP contribution in [0, 0.1) is 5.92 Å². The molecule has 0 aliphatic heterocycles. The fraction of sp³-hybridized carbons (Fsp3) is 0.385. The Morgan fingerprint density at radius 3 is 2.50 bits per heavy atom. The lowest BCUT2D eigenvalue weighted by Crippen LogP contribution is -2.38. The van der Waals surface area contributed by atoms with Crippen LogP contribution in [0.25, 0.3) is 0 Å². The third-order valence-corrected chi connectivity index (χ3v) is 2.29. The van der Waals surface area contributed by atoms with Crippen LogP contribution < -0.4 is 0 Å². The molecule has 0 unspecified atom stereocenters. The number of carbonyl (C=O) groups excluding carboxylic acids is 1. The van der Waals surface area contributed by atoms with Gasteiger partial charge in [-0.15, -0.1) is 0 Å². The minimum atomic E-state index is -1.05. The van der Waals surface area contributed by atoms with Crippen molar-refractivity contribution in [2.75, 3.05) is 13.1 Å². The first-order chi connectivity index (χ1) is 8.40. The van der Waals surface area contributed by atoms with Crippen molar-refractivity contribution >= 4 is 11.9 Å². The minimum Gasteiger partial charge on any atom is -0.508 e. The maximum atomic E-state index is 12.1. The number of nitrogens with zero attached hydrogens (tertiary/aromatic N) is 1. The Hall–Kier alpha value is -2.04. The highest BCUT2D eigenvalue weighted by molar-refractivity contribution is 5.96. The lowest BCUT2D eigenvalue weighted by Gasteiger charge is -2.22. The van der Waals surface area contributed by atoms with Gasteiger partial charge in [-0.2, -0.15) is 0 Å². The quantitative estimate of drug-likeness (QED) is 0.832. The number of rotatable bonds is 5. The topological polar surface area (TPSA) is 77.8 Å². The zero-order chi connectivity index (χ0) is 13.7. The molecule has 0 bridgehead atoms. The molecule has 1 amide bonds. The van der Waals surface area contributed by atoms with E-state index in [0.29, 0.717) is 6.54 Å². The predicted molar refractivity (Wildman–Crippen MR) is 66.5 cm³/mol. The molecule has 1 aromatic carbocycles. The van der Waals surface area contributed by atoms with E-state index in [-0.39, 0.29) is 29.7 Å². The maximum absolute atomic E-state index is 12.1. The largest absolute Gasteiger partial charge is 0.508 e. The highest BCUT2D eigenvalue weighted by atomic mass is 16.4. The molecule has 0 atom stereocenters. The molecule has 0 aromatic heterocycles. The van der Waals surface area contributed by atoms with E-state index >= 15 is 0 Å². The van der Waals surface area contributed by atoms with Crippen LogP contribution in [0.4, 0.5) is 0 Å². The van der Waals surface area contributed by atoms with Gasteiger partial charge in [0, 0.05) is 12.1 Å². The van der Waals surface area contributed by atoms with Crippen molar-refractivity contribution in [2.45, 2.75) is 13.8 Å². The Balaban J connectivity index is 2.90. The smallest absolute Gasteiger partial charge is 0.323 e. The molecule has 2 N–H and O–H groups in total. The number of aromatic hydroxyl groups is 1. The van der Waals surface area contributed by atoms with Gasteiger partial charge in [-0.1, -0.05) is 19.9 Å². The molecule has 0 aliphatic rings. The molecule has 0 saturated heterocycles. The normalized spacial score (nSPS) is 10.4. The molecule has 0 aliphatic carbocycles. The number of hydrogen-bond donors (Lipinski definition) is 2. The van der Waals surface area contributed by atoms with Gasteiger partial charge < -0.3 is 15.1 Å². The first-order valence-electron chi connectivity index (χ1n) is 5.70. The van der Waals surface area contributed by atoms with Crippen LogP contribution in [0.2, 0.25) is 0 Å². The second-order valence-electron chi connectivity index (χ2n) is 4.52. The van der Waals surface area contributed by atoms with Crippen LogP contribution in [0.5, 0.6) is 5.75 Å². The van der Waals surface area contributed by atoms with Crippen molar-refractivity contribution in [3.63, 3.8) is 0 Å². The molecular formula is C13H17NO4. The van der Waals surface area contributed by atoms with Crippen molar-refractivity contribution in [2.24, 2.45) is 5.92 Å².